The summed E-state index contributed by atoms with van der Waals surface area (Å²) >= 11 is 0. The Balaban J connectivity index is 1.61. The Morgan fingerprint density at radius 1 is 1.30 bits per heavy atom. The summed E-state index contributed by atoms with van der Waals surface area (Å²) in [7, 11) is 0. The van der Waals surface area contributed by atoms with Gasteiger partial charge in [0, 0.05) is 24.7 Å². The van der Waals surface area contributed by atoms with Gasteiger partial charge in [0.2, 0.25) is 6.10 Å². The zero-order valence-corrected chi connectivity index (χ0v) is 16.4. The molecule has 2 atom stereocenters. The number of aromatic nitrogens is 1. The molecule has 4 rings (SSSR count). The van der Waals surface area contributed by atoms with Crippen molar-refractivity contribution in [2.75, 3.05) is 18.1 Å². The third kappa shape index (κ3) is 4.06. The number of carbonyl (C=O) groups excluding carboxylic acids is 2. The van der Waals surface area contributed by atoms with E-state index >= 15 is 0 Å². The first kappa shape index (κ1) is 20.1. The average Bonchev–Trinajstić information content (AvgIpc) is 3.51. The molecular formula is C21H22N2O7. The lowest BCUT2D eigenvalue weighted by Crippen LogP contribution is -2.55. The molecule has 2 heterocycles. The zero-order chi connectivity index (χ0) is 21.4. The van der Waals surface area contributed by atoms with Crippen LogP contribution in [0.2, 0.25) is 0 Å². The number of fused-ring (bicyclic) bond motifs is 1. The maximum atomic E-state index is 12.9. The molecule has 1 saturated heterocycles. The summed E-state index contributed by atoms with van der Waals surface area (Å²) in [5.41, 5.74) is 1.70. The summed E-state index contributed by atoms with van der Waals surface area (Å²) in [4.78, 5) is 52.3. The van der Waals surface area contributed by atoms with Gasteiger partial charge in [0.05, 0.1) is 12.1 Å². The second kappa shape index (κ2) is 7.91. The van der Waals surface area contributed by atoms with Crippen LogP contribution in [0.15, 0.2) is 29.1 Å². The van der Waals surface area contributed by atoms with Crippen LogP contribution in [0.5, 0.6) is 0 Å². The number of anilines is 1. The molecule has 0 spiro atoms. The number of carboxylic acids is 1. The fourth-order valence-electron chi connectivity index (χ4n) is 3.69. The molecule has 2 N–H and O–H groups in total. The van der Waals surface area contributed by atoms with Crippen LogP contribution < -0.4 is 10.5 Å². The Hall–Kier alpha value is -3.20. The first-order chi connectivity index (χ1) is 14.3. The van der Waals surface area contributed by atoms with Crippen molar-refractivity contribution in [3.63, 3.8) is 0 Å². The lowest BCUT2D eigenvalue weighted by atomic mass is 10.1. The first-order valence-electron chi connectivity index (χ1n) is 9.82. The normalized spacial score (nSPS) is 20.2. The highest BCUT2D eigenvalue weighted by molar-refractivity contribution is 6.01. The molecule has 2 aliphatic rings. The van der Waals surface area contributed by atoms with Crippen LogP contribution in [0.3, 0.4) is 0 Å². The number of H-pyrrole nitrogens is 1. The van der Waals surface area contributed by atoms with Crippen molar-refractivity contribution in [2.45, 2.75) is 38.4 Å². The monoisotopic (exact) mass is 414 g/mol. The largest absolute Gasteiger partial charge is 0.478 e. The summed E-state index contributed by atoms with van der Waals surface area (Å²) in [6, 6.07) is 7.11. The van der Waals surface area contributed by atoms with Crippen LogP contribution in [-0.4, -0.2) is 53.3 Å². The lowest BCUT2D eigenvalue weighted by molar-refractivity contribution is -0.177. The smallest absolute Gasteiger partial charge is 0.348 e. The Bertz CT molecular complexity index is 1070. The number of ether oxygens (including phenoxy) is 2. The quantitative estimate of drug-likeness (QED) is 0.681. The van der Waals surface area contributed by atoms with Gasteiger partial charge in [-0.2, -0.15) is 0 Å². The SMILES string of the molecule is CC(=O)O[C@@H](C(=O)O)[C@H]1OCCN(c2ccc3cc(CC4CC4)c(=O)[nH]c3c2)C1=O. The van der Waals surface area contributed by atoms with Crippen molar-refractivity contribution in [3.8, 4) is 0 Å². The maximum absolute atomic E-state index is 12.9. The van der Waals surface area contributed by atoms with Crippen molar-refractivity contribution in [3.05, 3.63) is 40.2 Å². The highest BCUT2D eigenvalue weighted by atomic mass is 16.6. The summed E-state index contributed by atoms with van der Waals surface area (Å²) in [5.74, 6) is -2.32. The third-order valence-corrected chi connectivity index (χ3v) is 5.36. The van der Waals surface area contributed by atoms with E-state index < -0.39 is 30.1 Å². The minimum Gasteiger partial charge on any atom is -0.478 e. The number of morpholine rings is 1. The lowest BCUT2D eigenvalue weighted by Gasteiger charge is -2.34. The van der Waals surface area contributed by atoms with Gasteiger partial charge in [0.1, 0.15) is 0 Å². The molecule has 1 amide bonds. The summed E-state index contributed by atoms with van der Waals surface area (Å²) in [5, 5.41) is 10.2. The number of aromatic amines is 1. The Labute approximate surface area is 171 Å². The highest BCUT2D eigenvalue weighted by Crippen LogP contribution is 2.32. The van der Waals surface area contributed by atoms with Gasteiger partial charge in [0.15, 0.2) is 6.10 Å². The van der Waals surface area contributed by atoms with Gasteiger partial charge in [-0.15, -0.1) is 0 Å². The second-order valence-electron chi connectivity index (χ2n) is 7.69. The molecular weight excluding hydrogens is 392 g/mol. The number of nitrogens with one attached hydrogen (secondary N) is 1. The summed E-state index contributed by atoms with van der Waals surface area (Å²) in [6.07, 6.45) is -0.106. The third-order valence-electron chi connectivity index (χ3n) is 5.36. The number of esters is 1. The molecule has 9 heteroatoms. The fraction of sp³-hybridized carbons (Fsp3) is 0.429. The van der Waals surface area contributed by atoms with Crippen molar-refractivity contribution in [1.29, 1.82) is 0 Å². The molecule has 0 radical (unpaired) electrons. The number of benzene rings is 1. The van der Waals surface area contributed by atoms with E-state index in [1.807, 2.05) is 12.1 Å². The van der Waals surface area contributed by atoms with Gasteiger partial charge >= 0.3 is 11.9 Å². The van der Waals surface area contributed by atoms with E-state index in [0.717, 1.165) is 37.1 Å². The van der Waals surface area contributed by atoms with E-state index in [4.69, 9.17) is 9.47 Å². The predicted molar refractivity (Wildman–Crippen MR) is 106 cm³/mol. The predicted octanol–water partition coefficient (Wildman–Crippen LogP) is 1.23. The first-order valence-corrected chi connectivity index (χ1v) is 9.82. The van der Waals surface area contributed by atoms with E-state index in [9.17, 15) is 24.3 Å². The Morgan fingerprint density at radius 3 is 2.73 bits per heavy atom. The van der Waals surface area contributed by atoms with Crippen LogP contribution in [0.25, 0.3) is 10.9 Å². The summed E-state index contributed by atoms with van der Waals surface area (Å²) in [6.45, 7) is 1.35. The van der Waals surface area contributed by atoms with Gasteiger partial charge in [-0.1, -0.05) is 6.07 Å². The van der Waals surface area contributed by atoms with Crippen molar-refractivity contribution >= 4 is 34.4 Å². The highest BCUT2D eigenvalue weighted by Gasteiger charge is 2.42. The van der Waals surface area contributed by atoms with Gasteiger partial charge in [-0.25, -0.2) is 4.79 Å². The van der Waals surface area contributed by atoms with E-state index in [1.165, 1.54) is 4.90 Å². The Kier molecular flexibility index (Phi) is 5.29. The van der Waals surface area contributed by atoms with Gasteiger partial charge < -0.3 is 24.5 Å². The van der Waals surface area contributed by atoms with E-state index in [0.29, 0.717) is 17.1 Å². The molecule has 9 nitrogen and oxygen atoms in total. The number of carboxylic acid groups (broad SMARTS) is 1. The molecule has 2 fully saturated rings. The number of hydrogen-bond acceptors (Lipinski definition) is 6. The second-order valence-corrected chi connectivity index (χ2v) is 7.69. The van der Waals surface area contributed by atoms with Crippen molar-refractivity contribution in [1.82, 2.24) is 4.98 Å². The van der Waals surface area contributed by atoms with Crippen molar-refractivity contribution < 1.29 is 29.0 Å². The number of nitrogens with zero attached hydrogens (tertiary/aromatic N) is 1. The topological polar surface area (TPSA) is 126 Å². The molecule has 1 saturated carbocycles. The molecule has 1 aliphatic carbocycles. The number of aliphatic carboxylic acids is 1. The van der Waals surface area contributed by atoms with Gasteiger partial charge in [-0.05, 0) is 48.8 Å². The van der Waals surface area contributed by atoms with Crippen molar-refractivity contribution in [2.24, 2.45) is 5.92 Å². The molecule has 1 aromatic carbocycles. The van der Waals surface area contributed by atoms with Crippen LogP contribution in [0.4, 0.5) is 5.69 Å². The maximum Gasteiger partial charge on any atom is 0.348 e. The standard InChI is InChI=1S/C21H22N2O7/c1-11(24)30-18(21(27)28)17-20(26)23(6-7-29-17)15-5-4-13-9-14(8-12-2-3-12)19(25)22-16(13)10-15/h4-5,9-10,12,17-18H,2-3,6-8H2,1H3,(H,22,25)(H,27,28)/t17-,18-/m1/s1. The van der Waals surface area contributed by atoms with Gasteiger partial charge in [-0.3, -0.25) is 14.4 Å². The molecule has 30 heavy (non-hydrogen) atoms. The van der Waals surface area contributed by atoms with Crippen LogP contribution >= 0.6 is 0 Å². The number of carbonyl (C=O) groups is 3. The number of pyridine rings is 1. The number of amides is 1. The van der Waals surface area contributed by atoms with Crippen LogP contribution in [0, 0.1) is 5.92 Å². The van der Waals surface area contributed by atoms with E-state index in [2.05, 4.69) is 4.98 Å². The molecule has 1 aliphatic heterocycles. The molecule has 0 unspecified atom stereocenters. The minimum atomic E-state index is -1.73. The minimum absolute atomic E-state index is 0.0797. The molecule has 2 aromatic rings. The molecule has 1 aromatic heterocycles. The summed E-state index contributed by atoms with van der Waals surface area (Å²) < 4.78 is 10.1. The number of hydrogen-bond donors (Lipinski definition) is 2. The Morgan fingerprint density at radius 2 is 2.07 bits per heavy atom. The molecule has 158 valence electrons. The number of rotatable bonds is 6. The van der Waals surface area contributed by atoms with Crippen LogP contribution in [0.1, 0.15) is 25.3 Å². The van der Waals surface area contributed by atoms with Crippen LogP contribution in [-0.2, 0) is 30.3 Å². The van der Waals surface area contributed by atoms with E-state index in [1.54, 1.807) is 12.1 Å². The zero-order valence-electron chi connectivity index (χ0n) is 16.4. The average molecular weight is 414 g/mol. The van der Waals surface area contributed by atoms with E-state index in [-0.39, 0.29) is 18.7 Å². The van der Waals surface area contributed by atoms with Gasteiger partial charge in [0.25, 0.3) is 11.5 Å². The molecule has 0 bridgehead atoms. The fourth-order valence-corrected chi connectivity index (χ4v) is 3.69.